The summed E-state index contributed by atoms with van der Waals surface area (Å²) in [5.41, 5.74) is 3.03. The monoisotopic (exact) mass is 447 g/mol. The van der Waals surface area contributed by atoms with Crippen LogP contribution in [0.2, 0.25) is 5.02 Å². The van der Waals surface area contributed by atoms with Gasteiger partial charge in [-0.1, -0.05) is 35.9 Å². The molecule has 8 heteroatoms. The number of aromatic nitrogens is 3. The Morgan fingerprint density at radius 3 is 2.53 bits per heavy atom. The zero-order valence-corrected chi connectivity index (χ0v) is 18.6. The lowest BCUT2D eigenvalue weighted by Gasteiger charge is -2.16. The van der Waals surface area contributed by atoms with Gasteiger partial charge in [-0.2, -0.15) is 5.10 Å². The third kappa shape index (κ3) is 4.33. The zero-order valence-electron chi connectivity index (χ0n) is 17.9. The van der Waals surface area contributed by atoms with Crippen molar-refractivity contribution in [2.45, 2.75) is 26.8 Å². The summed E-state index contributed by atoms with van der Waals surface area (Å²) in [6.45, 7) is 5.55. The number of hydrogen-bond donors (Lipinski definition) is 2. The van der Waals surface area contributed by atoms with Gasteiger partial charge in [0.05, 0.1) is 16.4 Å². The van der Waals surface area contributed by atoms with E-state index in [9.17, 15) is 9.59 Å². The lowest BCUT2D eigenvalue weighted by molar-refractivity contribution is -0.119. The van der Waals surface area contributed by atoms with Gasteiger partial charge in [0.25, 0.3) is 5.91 Å². The van der Waals surface area contributed by atoms with Crippen LogP contribution in [0.3, 0.4) is 0 Å². The summed E-state index contributed by atoms with van der Waals surface area (Å²) in [4.78, 5) is 29.7. The van der Waals surface area contributed by atoms with Crippen molar-refractivity contribution in [2.75, 3.05) is 10.6 Å². The van der Waals surface area contributed by atoms with Gasteiger partial charge in [-0.25, -0.2) is 0 Å². The molecule has 0 aliphatic rings. The predicted octanol–water partition coefficient (Wildman–Crippen LogP) is 5.15. The van der Waals surface area contributed by atoms with E-state index < -0.39 is 6.04 Å². The maximum atomic E-state index is 12.8. The molecular weight excluding hydrogens is 426 g/mol. The first-order valence-electron chi connectivity index (χ1n) is 10.1. The van der Waals surface area contributed by atoms with Crippen LogP contribution in [0.15, 0.2) is 60.8 Å². The average molecular weight is 448 g/mol. The van der Waals surface area contributed by atoms with Crippen LogP contribution < -0.4 is 10.6 Å². The highest BCUT2D eigenvalue weighted by Gasteiger charge is 2.19. The Bertz CT molecular complexity index is 1330. The number of nitrogens with zero attached hydrogens (tertiary/aromatic N) is 3. The Morgan fingerprint density at radius 1 is 1.03 bits per heavy atom. The number of fused-ring (bicyclic) bond motifs is 1. The number of benzene rings is 2. The second kappa shape index (κ2) is 8.80. The standard InChI is InChI=1S/C24H22ClN5O2/c1-14-12-15(2)30(29-14)16(3)23(31)28-21-9-8-18(13-20(21)25)27-24(32)22-19-7-5-4-6-17(19)10-11-26-22/h4-13,16H,1-3H3,(H,27,32)(H,28,31). The van der Waals surface area contributed by atoms with E-state index in [0.717, 1.165) is 22.2 Å². The lowest BCUT2D eigenvalue weighted by atomic mass is 10.1. The summed E-state index contributed by atoms with van der Waals surface area (Å²) in [5.74, 6) is -0.581. The molecule has 0 saturated heterocycles. The van der Waals surface area contributed by atoms with E-state index >= 15 is 0 Å². The number of amides is 2. The van der Waals surface area contributed by atoms with Gasteiger partial charge in [0.15, 0.2) is 0 Å². The number of anilines is 2. The molecule has 7 nitrogen and oxygen atoms in total. The summed E-state index contributed by atoms with van der Waals surface area (Å²) in [7, 11) is 0. The van der Waals surface area contributed by atoms with Crippen LogP contribution in [-0.4, -0.2) is 26.6 Å². The number of rotatable bonds is 5. The average Bonchev–Trinajstić information content (AvgIpc) is 3.12. The molecule has 0 aliphatic carbocycles. The molecule has 0 fully saturated rings. The highest BCUT2D eigenvalue weighted by atomic mass is 35.5. The van der Waals surface area contributed by atoms with Gasteiger partial charge in [-0.3, -0.25) is 19.3 Å². The highest BCUT2D eigenvalue weighted by Crippen LogP contribution is 2.27. The summed E-state index contributed by atoms with van der Waals surface area (Å²) in [6.07, 6.45) is 1.60. The van der Waals surface area contributed by atoms with Crippen molar-refractivity contribution in [2.24, 2.45) is 0 Å². The van der Waals surface area contributed by atoms with Crippen molar-refractivity contribution < 1.29 is 9.59 Å². The maximum Gasteiger partial charge on any atom is 0.274 e. The van der Waals surface area contributed by atoms with Gasteiger partial charge < -0.3 is 10.6 Å². The van der Waals surface area contributed by atoms with Gasteiger partial charge in [0.1, 0.15) is 11.7 Å². The fraction of sp³-hybridized carbons (Fsp3) is 0.167. The van der Waals surface area contributed by atoms with Crippen molar-refractivity contribution >= 4 is 45.6 Å². The quantitative estimate of drug-likeness (QED) is 0.442. The van der Waals surface area contributed by atoms with Gasteiger partial charge in [-0.05, 0) is 56.5 Å². The molecule has 4 rings (SSSR count). The molecule has 2 aromatic heterocycles. The summed E-state index contributed by atoms with van der Waals surface area (Å²) in [6, 6.07) is 15.7. The highest BCUT2D eigenvalue weighted by molar-refractivity contribution is 6.34. The Balaban J connectivity index is 1.49. The molecule has 162 valence electrons. The molecule has 0 spiro atoms. The lowest BCUT2D eigenvalue weighted by Crippen LogP contribution is -2.25. The molecular formula is C24H22ClN5O2. The molecule has 2 amide bonds. The molecule has 0 saturated carbocycles. The molecule has 32 heavy (non-hydrogen) atoms. The molecule has 4 aromatic rings. The normalized spacial score (nSPS) is 11.9. The van der Waals surface area contributed by atoms with Gasteiger partial charge >= 0.3 is 0 Å². The first kappa shape index (κ1) is 21.5. The van der Waals surface area contributed by atoms with E-state index in [2.05, 4.69) is 20.7 Å². The summed E-state index contributed by atoms with van der Waals surface area (Å²) in [5, 5.41) is 12.0. The van der Waals surface area contributed by atoms with E-state index in [1.807, 2.05) is 50.2 Å². The van der Waals surface area contributed by atoms with Crippen LogP contribution in [0.5, 0.6) is 0 Å². The maximum absolute atomic E-state index is 12.8. The predicted molar refractivity (Wildman–Crippen MR) is 126 cm³/mol. The summed E-state index contributed by atoms with van der Waals surface area (Å²) >= 11 is 6.38. The van der Waals surface area contributed by atoms with Crippen LogP contribution in [0, 0.1) is 13.8 Å². The van der Waals surface area contributed by atoms with Crippen LogP contribution in [0.25, 0.3) is 10.8 Å². The minimum atomic E-state index is -0.503. The molecule has 0 aliphatic heterocycles. The molecule has 0 radical (unpaired) electrons. The minimum Gasteiger partial charge on any atom is -0.323 e. The van der Waals surface area contributed by atoms with E-state index in [4.69, 9.17) is 11.6 Å². The van der Waals surface area contributed by atoms with Crippen molar-refractivity contribution in [3.8, 4) is 0 Å². The van der Waals surface area contributed by atoms with E-state index in [0.29, 0.717) is 22.1 Å². The third-order valence-electron chi connectivity index (χ3n) is 5.16. The fourth-order valence-corrected chi connectivity index (χ4v) is 3.80. The number of hydrogen-bond acceptors (Lipinski definition) is 4. The molecule has 1 unspecified atom stereocenters. The Labute approximate surface area is 190 Å². The van der Waals surface area contributed by atoms with Crippen LogP contribution >= 0.6 is 11.6 Å². The fourth-order valence-electron chi connectivity index (χ4n) is 3.57. The van der Waals surface area contributed by atoms with Crippen molar-refractivity contribution in [1.82, 2.24) is 14.8 Å². The first-order chi connectivity index (χ1) is 15.3. The molecule has 1 atom stereocenters. The van der Waals surface area contributed by atoms with E-state index in [-0.39, 0.29) is 11.8 Å². The number of pyridine rings is 1. The Morgan fingerprint density at radius 2 is 1.81 bits per heavy atom. The molecule has 2 aromatic carbocycles. The topological polar surface area (TPSA) is 88.9 Å². The number of aryl methyl sites for hydroxylation is 2. The third-order valence-corrected chi connectivity index (χ3v) is 5.48. The smallest absolute Gasteiger partial charge is 0.274 e. The number of halogens is 1. The summed E-state index contributed by atoms with van der Waals surface area (Å²) < 4.78 is 1.67. The molecule has 2 heterocycles. The number of nitrogens with one attached hydrogen (secondary N) is 2. The zero-order chi connectivity index (χ0) is 22.8. The van der Waals surface area contributed by atoms with Crippen molar-refractivity contribution in [3.63, 3.8) is 0 Å². The molecule has 2 N–H and O–H groups in total. The second-order valence-corrected chi connectivity index (χ2v) is 7.97. The van der Waals surface area contributed by atoms with Crippen LogP contribution in [0.4, 0.5) is 11.4 Å². The van der Waals surface area contributed by atoms with Gasteiger partial charge in [0.2, 0.25) is 5.91 Å². The van der Waals surface area contributed by atoms with Gasteiger partial charge in [-0.15, -0.1) is 0 Å². The van der Waals surface area contributed by atoms with Crippen LogP contribution in [-0.2, 0) is 4.79 Å². The second-order valence-electron chi connectivity index (χ2n) is 7.57. The largest absolute Gasteiger partial charge is 0.323 e. The van der Waals surface area contributed by atoms with Crippen molar-refractivity contribution in [3.05, 3.63) is 82.9 Å². The Hall–Kier alpha value is -3.71. The molecule has 0 bridgehead atoms. The minimum absolute atomic E-state index is 0.241. The van der Waals surface area contributed by atoms with Gasteiger partial charge in [0, 0.05) is 23.0 Å². The Kier molecular flexibility index (Phi) is 5.92. The van der Waals surface area contributed by atoms with E-state index in [1.54, 1.807) is 36.0 Å². The first-order valence-corrected chi connectivity index (χ1v) is 10.5. The number of carbonyl (C=O) groups excluding carboxylic acids is 2. The van der Waals surface area contributed by atoms with Crippen LogP contribution in [0.1, 0.15) is 34.8 Å². The number of carbonyl (C=O) groups is 2. The van der Waals surface area contributed by atoms with E-state index in [1.165, 1.54) is 0 Å². The van der Waals surface area contributed by atoms with Crippen molar-refractivity contribution in [1.29, 1.82) is 0 Å². The SMILES string of the molecule is Cc1cc(C)n(C(C)C(=O)Nc2ccc(NC(=O)c3nccc4ccccc34)cc2Cl)n1.